The standard InChI is InChI=1S/C30H44N2O4/c1-5-9-13-23(7-3)15-11-19-35-29(33)25-17-18-26(28(22-32)27(25)21-31)30(34)36-20-12-16-24(8-4)14-10-6-2/h17-18,23-24H,5-16,19-20H2,1-4H3. The number of hydrogen-bond donors (Lipinski definition) is 0. The van der Waals surface area contributed by atoms with Crippen LogP contribution in [0.1, 0.15) is 137 Å². The van der Waals surface area contributed by atoms with Gasteiger partial charge in [-0.05, 0) is 49.7 Å². The molecule has 0 saturated carbocycles. The Morgan fingerprint density at radius 2 is 1.06 bits per heavy atom. The van der Waals surface area contributed by atoms with Crippen LogP contribution in [0.3, 0.4) is 0 Å². The maximum Gasteiger partial charge on any atom is 0.339 e. The van der Waals surface area contributed by atoms with Crippen molar-refractivity contribution in [3.63, 3.8) is 0 Å². The summed E-state index contributed by atoms with van der Waals surface area (Å²) in [7, 11) is 0. The zero-order valence-corrected chi connectivity index (χ0v) is 22.7. The summed E-state index contributed by atoms with van der Waals surface area (Å²) in [4.78, 5) is 25.3. The minimum Gasteiger partial charge on any atom is -0.462 e. The van der Waals surface area contributed by atoms with Crippen molar-refractivity contribution in [3.05, 3.63) is 34.4 Å². The fourth-order valence-electron chi connectivity index (χ4n) is 4.50. The molecule has 6 heteroatoms. The van der Waals surface area contributed by atoms with E-state index in [0.29, 0.717) is 11.8 Å². The van der Waals surface area contributed by atoms with Gasteiger partial charge in [-0.25, -0.2) is 9.59 Å². The minimum atomic E-state index is -0.651. The molecule has 6 nitrogen and oxygen atoms in total. The molecule has 0 aliphatic heterocycles. The maximum atomic E-state index is 12.6. The zero-order chi connectivity index (χ0) is 26.8. The molecule has 0 saturated heterocycles. The Morgan fingerprint density at radius 1 is 0.694 bits per heavy atom. The van der Waals surface area contributed by atoms with Crippen LogP contribution in [-0.4, -0.2) is 25.2 Å². The molecule has 0 aromatic heterocycles. The number of esters is 2. The Bertz CT molecular complexity index is 824. The van der Waals surface area contributed by atoms with Crippen LogP contribution in [0.2, 0.25) is 0 Å². The Labute approximate surface area is 218 Å². The number of carbonyl (C=O) groups is 2. The minimum absolute atomic E-state index is 0.00494. The van der Waals surface area contributed by atoms with Gasteiger partial charge in [-0.3, -0.25) is 0 Å². The summed E-state index contributed by atoms with van der Waals surface area (Å²) in [6.45, 7) is 9.23. The predicted octanol–water partition coefficient (Wildman–Crippen LogP) is 7.74. The van der Waals surface area contributed by atoms with Crippen molar-refractivity contribution in [2.45, 2.75) is 105 Å². The van der Waals surface area contributed by atoms with Crippen molar-refractivity contribution >= 4 is 11.9 Å². The molecule has 0 fully saturated rings. The lowest BCUT2D eigenvalue weighted by Crippen LogP contribution is -2.14. The van der Waals surface area contributed by atoms with Gasteiger partial charge in [0.2, 0.25) is 0 Å². The van der Waals surface area contributed by atoms with Crippen molar-refractivity contribution in [2.75, 3.05) is 13.2 Å². The number of nitriles is 2. The lowest BCUT2D eigenvalue weighted by molar-refractivity contribution is 0.0477. The van der Waals surface area contributed by atoms with E-state index in [9.17, 15) is 20.1 Å². The Hall–Kier alpha value is -2.86. The van der Waals surface area contributed by atoms with E-state index in [1.807, 2.05) is 12.1 Å². The van der Waals surface area contributed by atoms with Gasteiger partial charge in [-0.2, -0.15) is 10.5 Å². The topological polar surface area (TPSA) is 100 Å². The smallest absolute Gasteiger partial charge is 0.339 e. The summed E-state index contributed by atoms with van der Waals surface area (Å²) in [5, 5.41) is 19.3. The number of nitrogens with zero attached hydrogens (tertiary/aromatic N) is 2. The van der Waals surface area contributed by atoms with Gasteiger partial charge in [-0.15, -0.1) is 0 Å². The highest BCUT2D eigenvalue weighted by molar-refractivity contribution is 5.98. The second kappa shape index (κ2) is 18.4. The molecule has 0 N–H and O–H groups in total. The van der Waals surface area contributed by atoms with Crippen LogP contribution in [0.15, 0.2) is 12.1 Å². The molecule has 0 radical (unpaired) electrons. The van der Waals surface area contributed by atoms with Crippen molar-refractivity contribution in [3.8, 4) is 12.1 Å². The number of rotatable bonds is 18. The first-order valence-electron chi connectivity index (χ1n) is 13.8. The average molecular weight is 497 g/mol. The van der Waals surface area contributed by atoms with E-state index in [1.165, 1.54) is 50.7 Å². The van der Waals surface area contributed by atoms with Gasteiger partial charge in [0.15, 0.2) is 0 Å². The normalized spacial score (nSPS) is 12.3. The van der Waals surface area contributed by atoms with Crippen LogP contribution in [-0.2, 0) is 9.47 Å². The van der Waals surface area contributed by atoms with Gasteiger partial charge < -0.3 is 9.47 Å². The van der Waals surface area contributed by atoms with E-state index >= 15 is 0 Å². The van der Waals surface area contributed by atoms with Crippen LogP contribution in [0, 0.1) is 34.5 Å². The highest BCUT2D eigenvalue weighted by atomic mass is 16.5. The van der Waals surface area contributed by atoms with E-state index in [2.05, 4.69) is 27.7 Å². The van der Waals surface area contributed by atoms with Gasteiger partial charge in [0.25, 0.3) is 0 Å². The molecule has 1 aromatic rings. The molecule has 36 heavy (non-hydrogen) atoms. The van der Waals surface area contributed by atoms with Gasteiger partial charge >= 0.3 is 11.9 Å². The molecular formula is C30H44N2O4. The fraction of sp³-hybridized carbons (Fsp3) is 0.667. The molecule has 1 aromatic carbocycles. The summed E-state index contributed by atoms with van der Waals surface area (Å²) < 4.78 is 10.8. The van der Waals surface area contributed by atoms with E-state index < -0.39 is 11.9 Å². The van der Waals surface area contributed by atoms with Gasteiger partial charge in [0.05, 0.1) is 35.5 Å². The Balaban J connectivity index is 2.73. The van der Waals surface area contributed by atoms with Crippen LogP contribution in [0.4, 0.5) is 0 Å². The van der Waals surface area contributed by atoms with Crippen LogP contribution < -0.4 is 0 Å². The summed E-state index contributed by atoms with van der Waals surface area (Å²) >= 11 is 0. The quantitative estimate of drug-likeness (QED) is 0.152. The molecule has 0 amide bonds. The van der Waals surface area contributed by atoms with E-state index in [-0.39, 0.29) is 35.5 Å². The molecular weight excluding hydrogens is 452 g/mol. The molecule has 2 atom stereocenters. The third kappa shape index (κ3) is 10.4. The second-order valence-electron chi connectivity index (χ2n) is 9.52. The number of carbonyl (C=O) groups excluding carboxylic acids is 2. The van der Waals surface area contributed by atoms with E-state index in [4.69, 9.17) is 9.47 Å². The summed E-state index contributed by atoms with van der Waals surface area (Å²) in [5.41, 5.74) is -0.274. The number of hydrogen-bond acceptors (Lipinski definition) is 6. The monoisotopic (exact) mass is 496 g/mol. The first-order valence-corrected chi connectivity index (χ1v) is 13.8. The molecule has 0 spiro atoms. The third-order valence-electron chi connectivity index (χ3n) is 6.94. The molecule has 0 heterocycles. The van der Waals surface area contributed by atoms with Gasteiger partial charge in [0.1, 0.15) is 12.1 Å². The third-order valence-corrected chi connectivity index (χ3v) is 6.94. The molecule has 1 rings (SSSR count). The van der Waals surface area contributed by atoms with Crippen LogP contribution >= 0.6 is 0 Å². The lowest BCUT2D eigenvalue weighted by Gasteiger charge is -2.15. The summed E-state index contributed by atoms with van der Waals surface area (Å²) in [6, 6.07) is 6.58. The maximum absolute atomic E-state index is 12.6. The van der Waals surface area contributed by atoms with Crippen molar-refractivity contribution in [1.29, 1.82) is 10.5 Å². The number of unbranched alkanes of at least 4 members (excludes halogenated alkanes) is 2. The lowest BCUT2D eigenvalue weighted by atomic mass is 9.94. The molecule has 0 aliphatic carbocycles. The Morgan fingerprint density at radius 3 is 1.36 bits per heavy atom. The van der Waals surface area contributed by atoms with Crippen molar-refractivity contribution in [2.24, 2.45) is 11.8 Å². The van der Waals surface area contributed by atoms with E-state index in [0.717, 1.165) is 38.5 Å². The van der Waals surface area contributed by atoms with Crippen molar-refractivity contribution in [1.82, 2.24) is 0 Å². The first kappa shape index (κ1) is 31.2. The molecule has 198 valence electrons. The fourth-order valence-corrected chi connectivity index (χ4v) is 4.50. The predicted molar refractivity (Wildman–Crippen MR) is 142 cm³/mol. The summed E-state index contributed by atoms with van der Waals surface area (Å²) in [6.07, 6.45) is 12.8. The van der Waals surface area contributed by atoms with E-state index in [1.54, 1.807) is 0 Å². The second-order valence-corrected chi connectivity index (χ2v) is 9.52. The van der Waals surface area contributed by atoms with Crippen LogP contribution in [0.5, 0.6) is 0 Å². The molecule has 0 bridgehead atoms. The SMILES string of the molecule is CCCCC(CC)CCCOC(=O)c1ccc(C(=O)OCCCC(CC)CCCC)c(C#N)c1C#N. The molecule has 2 unspecified atom stereocenters. The highest BCUT2D eigenvalue weighted by Crippen LogP contribution is 2.22. The number of benzene rings is 1. The Kier molecular flexibility index (Phi) is 15.9. The zero-order valence-electron chi connectivity index (χ0n) is 22.7. The summed E-state index contributed by atoms with van der Waals surface area (Å²) in [5.74, 6) is -0.0551. The van der Waals surface area contributed by atoms with Crippen molar-refractivity contribution < 1.29 is 19.1 Å². The molecule has 0 aliphatic rings. The largest absolute Gasteiger partial charge is 0.462 e. The van der Waals surface area contributed by atoms with Crippen LogP contribution in [0.25, 0.3) is 0 Å². The van der Waals surface area contributed by atoms with Gasteiger partial charge in [-0.1, -0.05) is 79.1 Å². The first-order chi connectivity index (χ1) is 17.5. The van der Waals surface area contributed by atoms with Gasteiger partial charge in [0, 0.05) is 0 Å². The highest BCUT2D eigenvalue weighted by Gasteiger charge is 2.23. The number of ether oxygens (including phenoxy) is 2. The average Bonchev–Trinajstić information content (AvgIpc) is 2.90.